The second kappa shape index (κ2) is 13.6. The Kier molecular flexibility index (Phi) is 9.32. The van der Waals surface area contributed by atoms with Crippen LogP contribution in [-0.2, 0) is 0 Å². The number of halogens is 5. The molecule has 15 heteroatoms. The number of ether oxygens (including phenoxy) is 1. The number of pyridine rings is 1. The van der Waals surface area contributed by atoms with Crippen molar-refractivity contribution in [3.8, 4) is 23.2 Å². The van der Waals surface area contributed by atoms with E-state index in [-0.39, 0.29) is 71.8 Å². The van der Waals surface area contributed by atoms with Crippen molar-refractivity contribution in [2.45, 2.75) is 45.1 Å². The lowest BCUT2D eigenvalue weighted by molar-refractivity contribution is 0.0278. The average molecular weight is 739 g/mol. The van der Waals surface area contributed by atoms with Crippen LogP contribution in [0.25, 0.3) is 32.1 Å². The molecule has 1 saturated carbocycles. The van der Waals surface area contributed by atoms with E-state index in [1.54, 1.807) is 25.4 Å². The van der Waals surface area contributed by atoms with E-state index in [2.05, 4.69) is 14.9 Å². The number of hydrogen-bond acceptors (Lipinski definition) is 10. The molecule has 266 valence electrons. The summed E-state index contributed by atoms with van der Waals surface area (Å²) in [7, 11) is 1.78. The molecule has 2 fully saturated rings. The second-order valence-corrected chi connectivity index (χ2v) is 15.0. The molecule has 3 aromatic heterocycles. The quantitative estimate of drug-likeness (QED) is 0.136. The van der Waals surface area contributed by atoms with Gasteiger partial charge in [0.1, 0.15) is 34.0 Å². The van der Waals surface area contributed by atoms with Gasteiger partial charge in [-0.1, -0.05) is 23.7 Å². The van der Waals surface area contributed by atoms with Gasteiger partial charge in [0.15, 0.2) is 5.82 Å². The highest BCUT2D eigenvalue weighted by Crippen LogP contribution is 2.48. The fourth-order valence-corrected chi connectivity index (χ4v) is 8.25. The smallest absolute Gasteiger partial charge is 0.319 e. The number of nitriles is 1. The zero-order valence-electron chi connectivity index (χ0n) is 27.9. The van der Waals surface area contributed by atoms with Gasteiger partial charge < -0.3 is 26.0 Å². The lowest BCUT2D eigenvalue weighted by atomic mass is 9.96. The third-order valence-corrected chi connectivity index (χ3v) is 11.6. The summed E-state index contributed by atoms with van der Waals surface area (Å²) in [6, 6.07) is 9.31. The Morgan fingerprint density at radius 1 is 1.18 bits per heavy atom. The molecule has 1 atom stereocenters. The van der Waals surface area contributed by atoms with Crippen LogP contribution in [-0.4, -0.2) is 59.6 Å². The van der Waals surface area contributed by atoms with E-state index >= 15 is 4.39 Å². The van der Waals surface area contributed by atoms with Crippen molar-refractivity contribution in [2.24, 2.45) is 11.3 Å². The number of likely N-dealkylation sites (tertiary alicyclic amines) is 1. The van der Waals surface area contributed by atoms with Gasteiger partial charge in [-0.3, -0.25) is 0 Å². The number of fused-ring (bicyclic) bond motifs is 2. The van der Waals surface area contributed by atoms with E-state index in [1.807, 2.05) is 24.0 Å². The zero-order chi connectivity index (χ0) is 36.2. The molecule has 1 aliphatic carbocycles. The third-order valence-electron chi connectivity index (χ3n) is 10.3. The van der Waals surface area contributed by atoms with Gasteiger partial charge in [-0.25, -0.2) is 22.5 Å². The number of thiophene rings is 1. The van der Waals surface area contributed by atoms with Gasteiger partial charge in [0.2, 0.25) is 6.43 Å². The van der Waals surface area contributed by atoms with Crippen LogP contribution in [0.15, 0.2) is 36.5 Å². The molecule has 4 N–H and O–H groups in total. The van der Waals surface area contributed by atoms with Crippen LogP contribution in [0.5, 0.6) is 6.01 Å². The van der Waals surface area contributed by atoms with Crippen LogP contribution >= 0.6 is 22.9 Å². The highest BCUT2D eigenvalue weighted by Gasteiger charge is 2.46. The maximum Gasteiger partial charge on any atom is 0.319 e. The van der Waals surface area contributed by atoms with Gasteiger partial charge in [-0.15, -0.1) is 11.3 Å². The normalized spacial score (nSPS) is 16.8. The number of aromatic nitrogens is 3. The summed E-state index contributed by atoms with van der Waals surface area (Å²) in [6.07, 6.45) is 1.97. The number of benzene rings is 2. The molecule has 0 radical (unpaired) electrons. The van der Waals surface area contributed by atoms with Crippen molar-refractivity contribution < 1.29 is 22.3 Å². The molecule has 9 nitrogen and oxygen atoms in total. The van der Waals surface area contributed by atoms with Crippen molar-refractivity contribution in [3.63, 3.8) is 0 Å². The van der Waals surface area contributed by atoms with E-state index in [0.29, 0.717) is 44.1 Å². The molecule has 2 aromatic carbocycles. The lowest BCUT2D eigenvalue weighted by Gasteiger charge is -2.34. The Balaban J connectivity index is 1.30. The summed E-state index contributed by atoms with van der Waals surface area (Å²) in [4.78, 5) is 17.6. The minimum atomic E-state index is -2.30. The van der Waals surface area contributed by atoms with Crippen molar-refractivity contribution in [2.75, 3.05) is 49.7 Å². The van der Waals surface area contributed by atoms with Crippen molar-refractivity contribution >= 4 is 60.6 Å². The van der Waals surface area contributed by atoms with Crippen molar-refractivity contribution in [3.05, 3.63) is 64.3 Å². The number of anilines is 3. The van der Waals surface area contributed by atoms with Gasteiger partial charge in [-0.05, 0) is 69.5 Å². The van der Waals surface area contributed by atoms with E-state index < -0.39 is 24.0 Å². The van der Waals surface area contributed by atoms with Gasteiger partial charge in [0, 0.05) is 53.0 Å². The molecular formula is C36H35ClF4N8OS. The lowest BCUT2D eigenvalue weighted by Crippen LogP contribution is -2.40. The van der Waals surface area contributed by atoms with Gasteiger partial charge in [0.25, 0.3) is 0 Å². The van der Waals surface area contributed by atoms with Gasteiger partial charge >= 0.3 is 6.01 Å². The molecular weight excluding hydrogens is 704 g/mol. The summed E-state index contributed by atoms with van der Waals surface area (Å²) in [5.41, 5.74) is 12.9. The number of hydrogen-bond donors (Lipinski definition) is 2. The minimum Gasteiger partial charge on any atom is -0.463 e. The largest absolute Gasteiger partial charge is 0.463 e. The van der Waals surface area contributed by atoms with E-state index in [1.165, 1.54) is 12.1 Å². The summed E-state index contributed by atoms with van der Waals surface area (Å²) in [6.45, 7) is 4.05. The van der Waals surface area contributed by atoms with Crippen LogP contribution in [0.2, 0.25) is 5.02 Å². The predicted molar refractivity (Wildman–Crippen MR) is 192 cm³/mol. The molecule has 0 spiro atoms. The van der Waals surface area contributed by atoms with Crippen LogP contribution < -0.4 is 21.1 Å². The Bertz CT molecular complexity index is 2180. The monoisotopic (exact) mass is 738 g/mol. The molecule has 1 saturated heterocycles. The second-order valence-electron chi connectivity index (χ2n) is 13.5. The van der Waals surface area contributed by atoms with Crippen molar-refractivity contribution in [1.29, 1.82) is 5.26 Å². The maximum atomic E-state index is 17.0. The van der Waals surface area contributed by atoms with Crippen LogP contribution in [0.4, 0.5) is 34.2 Å². The minimum absolute atomic E-state index is 0.00502. The number of piperidine rings is 1. The molecule has 5 aromatic rings. The first-order valence-corrected chi connectivity index (χ1v) is 17.8. The summed E-state index contributed by atoms with van der Waals surface area (Å²) in [5.74, 6) is -1.32. The Labute approximate surface area is 300 Å². The SMILES string of the molecule is C[C@H](c1cccnc1N)N(C)c1nc(OCC2(CN3CCC(C(F)F)CC3)CC2)nc2c(F)c(-c3ccc(F)c4sc(N)c(C#N)c34)c(Cl)cc12. The Hall–Kier alpha value is -4.45. The highest BCUT2D eigenvalue weighted by molar-refractivity contribution is 7.23. The summed E-state index contributed by atoms with van der Waals surface area (Å²) >= 11 is 7.75. The number of nitrogens with zero attached hydrogens (tertiary/aromatic N) is 6. The Morgan fingerprint density at radius 3 is 2.59 bits per heavy atom. The van der Waals surface area contributed by atoms with Gasteiger partial charge in [-0.2, -0.15) is 15.2 Å². The average Bonchev–Trinajstić information content (AvgIpc) is 3.79. The number of nitrogen functional groups attached to an aromatic ring is 2. The fourth-order valence-electron chi connectivity index (χ4n) is 7.00. The fraction of sp³-hybridized carbons (Fsp3) is 0.389. The summed E-state index contributed by atoms with van der Waals surface area (Å²) < 4.78 is 64.8. The summed E-state index contributed by atoms with van der Waals surface area (Å²) in [5, 5.41) is 10.4. The first kappa shape index (κ1) is 35.0. The zero-order valence-corrected chi connectivity index (χ0v) is 29.5. The van der Waals surface area contributed by atoms with Crippen LogP contribution in [0, 0.1) is 34.3 Å². The first-order chi connectivity index (χ1) is 24.4. The van der Waals surface area contributed by atoms with Crippen LogP contribution in [0.3, 0.4) is 0 Å². The van der Waals surface area contributed by atoms with Gasteiger partial charge in [0.05, 0.1) is 27.9 Å². The molecule has 0 unspecified atom stereocenters. The molecule has 0 amide bonds. The molecule has 7 rings (SSSR count). The molecule has 4 heterocycles. The predicted octanol–water partition coefficient (Wildman–Crippen LogP) is 8.21. The highest BCUT2D eigenvalue weighted by atomic mass is 35.5. The molecule has 1 aliphatic heterocycles. The van der Waals surface area contributed by atoms with E-state index in [0.717, 1.165) is 29.7 Å². The number of rotatable bonds is 10. The Morgan fingerprint density at radius 2 is 1.92 bits per heavy atom. The van der Waals surface area contributed by atoms with E-state index in [4.69, 9.17) is 32.8 Å². The molecule has 2 aliphatic rings. The maximum absolute atomic E-state index is 17.0. The van der Waals surface area contributed by atoms with E-state index in [9.17, 15) is 18.4 Å². The topological polar surface area (TPSA) is 130 Å². The standard InChI is InChI=1S/C36H35ClF4N8OS/c1-18(20-4-3-11-45-32(20)43)48(2)34-22-14-24(37)27(21-5-6-25(38)30-26(21)23(15-42)33(44)51-30)28(39)29(22)46-35(47-34)50-17-36(9-10-36)16-49-12-7-19(8-13-49)31(40)41/h3-6,11,14,18-19,31H,7-10,12-13,16-17,44H2,1-2H3,(H2,43,45)/t18-/m1/s1. The number of nitrogens with two attached hydrogens (primary N) is 2. The third kappa shape index (κ3) is 6.47. The number of alkyl halides is 2. The van der Waals surface area contributed by atoms with Crippen LogP contribution in [0.1, 0.15) is 49.8 Å². The van der Waals surface area contributed by atoms with Crippen molar-refractivity contribution in [1.82, 2.24) is 19.9 Å². The first-order valence-electron chi connectivity index (χ1n) is 16.6. The molecule has 51 heavy (non-hydrogen) atoms. The molecule has 0 bridgehead atoms.